The summed E-state index contributed by atoms with van der Waals surface area (Å²) in [4.78, 5) is 40.1. The van der Waals surface area contributed by atoms with Crippen molar-refractivity contribution in [3.8, 4) is 17.1 Å². The minimum atomic E-state index is -5.40. The van der Waals surface area contributed by atoms with Crippen LogP contribution < -0.4 is 4.74 Å². The summed E-state index contributed by atoms with van der Waals surface area (Å²) in [5.74, 6) is -3.59. The number of alkyl halides is 6. The number of esters is 1. The van der Waals surface area contributed by atoms with Crippen molar-refractivity contribution in [1.29, 1.82) is 0 Å². The minimum absolute atomic E-state index is 0.0639. The highest BCUT2D eigenvalue weighted by atomic mass is 19.4. The second-order valence-electron chi connectivity index (χ2n) is 11.3. The topological polar surface area (TPSA) is 173 Å². The van der Waals surface area contributed by atoms with Crippen LogP contribution in [-0.2, 0) is 21.6 Å². The first-order valence-corrected chi connectivity index (χ1v) is 15.5. The number of benzene rings is 1. The van der Waals surface area contributed by atoms with Gasteiger partial charge in [-0.2, -0.15) is 26.3 Å². The Hall–Kier alpha value is -5.89. The molecular formula is C33H28F6N6O8. The monoisotopic (exact) mass is 750 g/mol. The molecule has 2 atom stereocenters. The maximum absolute atomic E-state index is 14.7. The summed E-state index contributed by atoms with van der Waals surface area (Å²) in [5, 5.41) is 29.2. The Balaban J connectivity index is 1.58. The number of aliphatic hydroxyl groups is 1. The molecule has 5 rings (SSSR count). The Labute approximate surface area is 294 Å². The molecule has 0 saturated carbocycles. The average Bonchev–Trinajstić information content (AvgIpc) is 3.72. The van der Waals surface area contributed by atoms with Gasteiger partial charge in [0.05, 0.1) is 47.1 Å². The lowest BCUT2D eigenvalue weighted by atomic mass is 9.95. The van der Waals surface area contributed by atoms with E-state index in [0.717, 1.165) is 48.1 Å². The summed E-state index contributed by atoms with van der Waals surface area (Å²) >= 11 is 0. The van der Waals surface area contributed by atoms with E-state index in [1.807, 2.05) is 0 Å². The number of carbonyl (C=O) groups excluding carboxylic acids is 2. The number of rotatable bonds is 13. The molecule has 280 valence electrons. The molecular weight excluding hydrogens is 722 g/mol. The quantitative estimate of drug-likeness (QED) is 0.0355. The number of aliphatic hydroxyl groups excluding tert-OH is 1. The highest BCUT2D eigenvalue weighted by Crippen LogP contribution is 2.45. The number of nitro groups is 1. The molecule has 0 radical (unpaired) electrons. The van der Waals surface area contributed by atoms with Crippen LogP contribution in [-0.4, -0.2) is 72.2 Å². The van der Waals surface area contributed by atoms with Gasteiger partial charge in [0.15, 0.2) is 6.29 Å². The number of halogens is 6. The van der Waals surface area contributed by atoms with Gasteiger partial charge in [-0.3, -0.25) is 14.9 Å². The summed E-state index contributed by atoms with van der Waals surface area (Å²) in [6.07, 6.45) is -10.1. The van der Waals surface area contributed by atoms with Crippen molar-refractivity contribution >= 4 is 23.0 Å². The first-order chi connectivity index (χ1) is 24.9. The zero-order valence-corrected chi connectivity index (χ0v) is 27.8. The van der Waals surface area contributed by atoms with Gasteiger partial charge in [-0.1, -0.05) is 12.1 Å². The second-order valence-corrected chi connectivity index (χ2v) is 11.3. The van der Waals surface area contributed by atoms with Gasteiger partial charge < -0.3 is 23.7 Å². The molecule has 53 heavy (non-hydrogen) atoms. The molecule has 0 saturated heterocycles. The van der Waals surface area contributed by atoms with Crippen LogP contribution in [0.1, 0.15) is 64.1 Å². The van der Waals surface area contributed by atoms with E-state index in [0.29, 0.717) is 0 Å². The molecule has 4 aromatic heterocycles. The number of Topliss-reactive ketones (excluding diaryl/α,β-unsaturated/α-hetero) is 1. The number of nitrogens with zero attached hydrogens (tertiary/aromatic N) is 6. The number of carbonyl (C=O) groups is 2. The van der Waals surface area contributed by atoms with Crippen LogP contribution in [0, 0.1) is 10.1 Å². The van der Waals surface area contributed by atoms with Gasteiger partial charge >= 0.3 is 18.3 Å². The number of hydrogen-bond acceptors (Lipinski definition) is 11. The van der Waals surface area contributed by atoms with Crippen LogP contribution in [0.4, 0.5) is 32.0 Å². The van der Waals surface area contributed by atoms with Gasteiger partial charge in [0.25, 0.3) is 17.1 Å². The number of aromatic nitrogens is 5. The van der Waals surface area contributed by atoms with Crippen LogP contribution in [0.3, 0.4) is 0 Å². The fraction of sp³-hybridized carbons (Fsp3) is 0.303. The number of methoxy groups -OCH3 is 1. The Kier molecular flexibility index (Phi) is 10.6. The second kappa shape index (κ2) is 14.6. The van der Waals surface area contributed by atoms with Gasteiger partial charge in [0.1, 0.15) is 5.69 Å². The van der Waals surface area contributed by atoms with Crippen molar-refractivity contribution in [1.82, 2.24) is 24.4 Å². The average molecular weight is 751 g/mol. The summed E-state index contributed by atoms with van der Waals surface area (Å²) in [6, 6.07) is 9.10. The third kappa shape index (κ3) is 7.40. The number of nitro benzene ring substituents is 1. The maximum Gasteiger partial charge on any atom is 0.454 e. The predicted molar refractivity (Wildman–Crippen MR) is 170 cm³/mol. The Morgan fingerprint density at radius 1 is 1.04 bits per heavy atom. The lowest BCUT2D eigenvalue weighted by Crippen LogP contribution is -2.46. The Morgan fingerprint density at radius 3 is 2.28 bits per heavy atom. The first kappa shape index (κ1) is 38.3. The SMILES string of the molecule is CCOC(O)c1c(C(=O)C(F)(F)F)c2cc(Cn3cc(C(CC)(OC(=O)c4ccc([N+](=O)[O-])cc4)C(F)(F)F)nn3)ccn2c1-c1ccc(OC)nc1. The zero-order valence-electron chi connectivity index (χ0n) is 27.8. The summed E-state index contributed by atoms with van der Waals surface area (Å²) in [7, 11) is 1.35. The molecule has 0 aliphatic carbocycles. The number of hydrogen-bond donors (Lipinski definition) is 1. The number of fused-ring (bicyclic) bond motifs is 1. The van der Waals surface area contributed by atoms with E-state index in [4.69, 9.17) is 14.2 Å². The van der Waals surface area contributed by atoms with Gasteiger partial charge in [-0.25, -0.2) is 14.5 Å². The molecule has 2 unspecified atom stereocenters. The van der Waals surface area contributed by atoms with E-state index in [2.05, 4.69) is 15.3 Å². The maximum atomic E-state index is 14.7. The van der Waals surface area contributed by atoms with Crippen LogP contribution in [0.2, 0.25) is 0 Å². The molecule has 0 fully saturated rings. The number of non-ortho nitro benzene ring substituents is 1. The highest BCUT2D eigenvalue weighted by Gasteiger charge is 2.60. The largest absolute Gasteiger partial charge is 0.481 e. The molecule has 5 aromatic rings. The van der Waals surface area contributed by atoms with Crippen LogP contribution >= 0.6 is 0 Å². The van der Waals surface area contributed by atoms with Crippen LogP contribution in [0.5, 0.6) is 5.88 Å². The molecule has 14 nitrogen and oxygen atoms in total. The molecule has 0 amide bonds. The first-order valence-electron chi connectivity index (χ1n) is 15.5. The fourth-order valence-corrected chi connectivity index (χ4v) is 5.61. The number of pyridine rings is 2. The number of ether oxygens (including phenoxy) is 3. The van der Waals surface area contributed by atoms with Crippen molar-refractivity contribution in [3.63, 3.8) is 0 Å². The summed E-state index contributed by atoms with van der Waals surface area (Å²) in [6.45, 7) is 2.02. The van der Waals surface area contributed by atoms with Crippen LogP contribution in [0.15, 0.2) is 67.1 Å². The molecule has 20 heteroatoms. The number of ketones is 1. The van der Waals surface area contributed by atoms with Crippen molar-refractivity contribution in [3.05, 3.63) is 105 Å². The molecule has 0 aliphatic rings. The van der Waals surface area contributed by atoms with Crippen molar-refractivity contribution in [2.45, 2.75) is 51.1 Å². The van der Waals surface area contributed by atoms with Crippen molar-refractivity contribution in [2.24, 2.45) is 0 Å². The lowest BCUT2D eigenvalue weighted by Gasteiger charge is -2.32. The molecule has 4 heterocycles. The van der Waals surface area contributed by atoms with E-state index in [-0.39, 0.29) is 34.8 Å². The predicted octanol–water partition coefficient (Wildman–Crippen LogP) is 6.35. The zero-order chi connectivity index (χ0) is 38.9. The van der Waals surface area contributed by atoms with Gasteiger partial charge in [0.2, 0.25) is 5.88 Å². The fourth-order valence-electron chi connectivity index (χ4n) is 5.61. The standard InChI is InChI=1S/C33H28F6N6O8/c1-4-31(33(37,38)39,53-29(47)19-6-9-21(10-7-19)45(49)50)23-17-43(42-41-23)16-18-12-13-44-22(14-18)25(28(46)32(34,35)36)26(30(48)52-5-2)27(44)20-8-11-24(51-3)40-15-20/h6-15,17,30,48H,4-5,16H2,1-3H3. The van der Waals surface area contributed by atoms with E-state index >= 15 is 0 Å². The smallest absolute Gasteiger partial charge is 0.454 e. The van der Waals surface area contributed by atoms with Crippen LogP contribution in [0.25, 0.3) is 16.8 Å². The summed E-state index contributed by atoms with van der Waals surface area (Å²) < 4.78 is 104. The van der Waals surface area contributed by atoms with Crippen molar-refractivity contribution < 1.29 is 60.2 Å². The van der Waals surface area contributed by atoms with Gasteiger partial charge in [-0.05, 0) is 49.2 Å². The van der Waals surface area contributed by atoms with E-state index < -0.39 is 82.0 Å². The molecule has 1 aromatic carbocycles. The Bertz CT molecular complexity index is 2150. The van der Waals surface area contributed by atoms with E-state index in [1.54, 1.807) is 0 Å². The van der Waals surface area contributed by atoms with Gasteiger partial charge in [-0.15, -0.1) is 5.10 Å². The third-order valence-electron chi connectivity index (χ3n) is 8.15. The molecule has 0 spiro atoms. The molecule has 0 bridgehead atoms. The lowest BCUT2D eigenvalue weighted by molar-refractivity contribution is -0.384. The normalized spacial score (nSPS) is 13.8. The third-order valence-corrected chi connectivity index (χ3v) is 8.15. The van der Waals surface area contributed by atoms with E-state index in [9.17, 15) is 51.2 Å². The van der Waals surface area contributed by atoms with Gasteiger partial charge in [0, 0.05) is 48.3 Å². The van der Waals surface area contributed by atoms with Crippen molar-refractivity contribution in [2.75, 3.05) is 13.7 Å². The molecule has 0 aliphatic heterocycles. The van der Waals surface area contributed by atoms with E-state index in [1.165, 1.54) is 49.0 Å². The highest BCUT2D eigenvalue weighted by molar-refractivity contribution is 6.09. The summed E-state index contributed by atoms with van der Waals surface area (Å²) in [5.41, 5.74) is -6.51. The molecule has 1 N–H and O–H groups in total. The minimum Gasteiger partial charge on any atom is -0.481 e. The Morgan fingerprint density at radius 2 is 1.74 bits per heavy atom.